The van der Waals surface area contributed by atoms with E-state index in [2.05, 4.69) is 30.8 Å². The van der Waals surface area contributed by atoms with Gasteiger partial charge in [-0.05, 0) is 26.7 Å². The summed E-state index contributed by atoms with van der Waals surface area (Å²) in [6, 6.07) is 0. The Labute approximate surface area is 99.0 Å². The summed E-state index contributed by atoms with van der Waals surface area (Å²) in [4.78, 5) is 11.9. The molecule has 2 rings (SSSR count). The fourth-order valence-electron chi connectivity index (χ4n) is 1.76. The van der Waals surface area contributed by atoms with Crippen LogP contribution in [0, 0.1) is 13.8 Å². The van der Waals surface area contributed by atoms with Gasteiger partial charge in [0, 0.05) is 17.9 Å². The average Bonchev–Trinajstić information content (AvgIpc) is 2.23. The van der Waals surface area contributed by atoms with Crippen LogP contribution in [0.1, 0.15) is 24.2 Å². The van der Waals surface area contributed by atoms with Crippen molar-refractivity contribution >= 4 is 21.7 Å². The third kappa shape index (κ3) is 2.48. The molecule has 82 valence electrons. The number of nitrogens with zero attached hydrogens (tertiary/aromatic N) is 3. The molecule has 1 aliphatic heterocycles. The molecule has 3 nitrogen and oxygen atoms in total. The van der Waals surface area contributed by atoms with Crippen LogP contribution in [0.15, 0.2) is 6.20 Å². The molecule has 15 heavy (non-hydrogen) atoms. The van der Waals surface area contributed by atoms with Gasteiger partial charge in [0.2, 0.25) is 0 Å². The Kier molecular flexibility index (Phi) is 3.24. The molecule has 0 radical (unpaired) electrons. The zero-order chi connectivity index (χ0) is 10.8. The molecule has 1 aliphatic rings. The van der Waals surface area contributed by atoms with Crippen LogP contribution in [0.25, 0.3) is 0 Å². The molecular formula is C11H16BrN3. The van der Waals surface area contributed by atoms with Gasteiger partial charge in [-0.3, -0.25) is 4.98 Å². The monoisotopic (exact) mass is 269 g/mol. The number of alkyl halides is 1. The minimum Gasteiger partial charge on any atom is -0.355 e. The van der Waals surface area contributed by atoms with Crippen LogP contribution in [0.2, 0.25) is 0 Å². The third-order valence-electron chi connectivity index (χ3n) is 2.93. The first-order valence-corrected chi connectivity index (χ1v) is 6.27. The number of rotatable bonds is 1. The smallest absolute Gasteiger partial charge is 0.147 e. The SMILES string of the molecule is Cc1ncc(N2CCC(Br)CC2)nc1C. The fourth-order valence-corrected chi connectivity index (χ4v) is 2.17. The van der Waals surface area contributed by atoms with Crippen LogP contribution in [0.3, 0.4) is 0 Å². The molecule has 0 bridgehead atoms. The number of aryl methyl sites for hydroxylation is 2. The number of anilines is 1. The van der Waals surface area contributed by atoms with Crippen molar-refractivity contribution in [1.82, 2.24) is 9.97 Å². The summed E-state index contributed by atoms with van der Waals surface area (Å²) < 4.78 is 0. The zero-order valence-electron chi connectivity index (χ0n) is 9.20. The molecule has 0 aliphatic carbocycles. The number of hydrogen-bond acceptors (Lipinski definition) is 3. The summed E-state index contributed by atoms with van der Waals surface area (Å²) in [6.07, 6.45) is 4.26. The summed E-state index contributed by atoms with van der Waals surface area (Å²) in [5.74, 6) is 1.03. The van der Waals surface area contributed by atoms with Gasteiger partial charge < -0.3 is 4.90 Å². The largest absolute Gasteiger partial charge is 0.355 e. The first kappa shape index (κ1) is 10.9. The molecule has 0 amide bonds. The van der Waals surface area contributed by atoms with Crippen LogP contribution in [0.4, 0.5) is 5.82 Å². The van der Waals surface area contributed by atoms with Crippen molar-refractivity contribution in [3.63, 3.8) is 0 Å². The van der Waals surface area contributed by atoms with Gasteiger partial charge in [0.1, 0.15) is 5.82 Å². The van der Waals surface area contributed by atoms with Gasteiger partial charge in [-0.25, -0.2) is 4.98 Å². The van der Waals surface area contributed by atoms with Crippen LogP contribution in [0.5, 0.6) is 0 Å². The van der Waals surface area contributed by atoms with Crippen LogP contribution < -0.4 is 4.90 Å². The molecule has 4 heteroatoms. The second-order valence-electron chi connectivity index (χ2n) is 4.06. The van der Waals surface area contributed by atoms with Crippen molar-refractivity contribution in [2.24, 2.45) is 0 Å². The van der Waals surface area contributed by atoms with Gasteiger partial charge in [-0.1, -0.05) is 15.9 Å². The third-order valence-corrected chi connectivity index (χ3v) is 3.84. The molecule has 1 fully saturated rings. The van der Waals surface area contributed by atoms with E-state index >= 15 is 0 Å². The summed E-state index contributed by atoms with van der Waals surface area (Å²) >= 11 is 3.65. The average molecular weight is 270 g/mol. The fraction of sp³-hybridized carbons (Fsp3) is 0.636. The molecule has 0 unspecified atom stereocenters. The molecule has 1 saturated heterocycles. The molecule has 0 saturated carbocycles. The first-order chi connectivity index (χ1) is 7.16. The molecule has 0 spiro atoms. The molecule has 2 heterocycles. The van der Waals surface area contributed by atoms with Crippen molar-refractivity contribution < 1.29 is 0 Å². The summed E-state index contributed by atoms with van der Waals surface area (Å²) in [6.45, 7) is 6.17. The molecular weight excluding hydrogens is 254 g/mol. The highest BCUT2D eigenvalue weighted by atomic mass is 79.9. The Bertz CT molecular complexity index is 346. The predicted octanol–water partition coefficient (Wildman–Crippen LogP) is 2.46. The zero-order valence-corrected chi connectivity index (χ0v) is 10.8. The lowest BCUT2D eigenvalue weighted by molar-refractivity contribution is 0.591. The van der Waals surface area contributed by atoms with Crippen LogP contribution >= 0.6 is 15.9 Å². The first-order valence-electron chi connectivity index (χ1n) is 5.36. The van der Waals surface area contributed by atoms with E-state index in [4.69, 9.17) is 0 Å². The Morgan fingerprint density at radius 3 is 2.53 bits per heavy atom. The van der Waals surface area contributed by atoms with E-state index in [-0.39, 0.29) is 0 Å². The molecule has 1 aromatic rings. The van der Waals surface area contributed by atoms with Crippen LogP contribution in [-0.2, 0) is 0 Å². The van der Waals surface area contributed by atoms with Gasteiger partial charge in [0.05, 0.1) is 17.6 Å². The van der Waals surface area contributed by atoms with Crippen LogP contribution in [-0.4, -0.2) is 27.9 Å². The molecule has 0 aromatic carbocycles. The lowest BCUT2D eigenvalue weighted by atomic mass is 10.1. The van der Waals surface area contributed by atoms with E-state index in [0.717, 1.165) is 30.3 Å². The standard InChI is InChI=1S/C11H16BrN3/c1-8-9(2)14-11(7-13-8)15-5-3-10(12)4-6-15/h7,10H,3-6H2,1-2H3. The van der Waals surface area contributed by atoms with E-state index in [1.165, 1.54) is 12.8 Å². The lowest BCUT2D eigenvalue weighted by Gasteiger charge is -2.30. The quantitative estimate of drug-likeness (QED) is 0.734. The Hall–Kier alpha value is -0.640. The summed E-state index contributed by atoms with van der Waals surface area (Å²) in [5, 5.41) is 0. The van der Waals surface area contributed by atoms with E-state index in [1.54, 1.807) is 0 Å². The van der Waals surface area contributed by atoms with E-state index in [9.17, 15) is 0 Å². The maximum Gasteiger partial charge on any atom is 0.147 e. The highest BCUT2D eigenvalue weighted by Crippen LogP contribution is 2.21. The van der Waals surface area contributed by atoms with E-state index in [0.29, 0.717) is 4.83 Å². The van der Waals surface area contributed by atoms with E-state index in [1.807, 2.05) is 20.0 Å². The highest BCUT2D eigenvalue weighted by molar-refractivity contribution is 9.09. The minimum absolute atomic E-state index is 0.674. The Morgan fingerprint density at radius 1 is 1.27 bits per heavy atom. The van der Waals surface area contributed by atoms with Gasteiger partial charge >= 0.3 is 0 Å². The predicted molar refractivity (Wildman–Crippen MR) is 65.7 cm³/mol. The normalized spacial score (nSPS) is 18.2. The number of hydrogen-bond donors (Lipinski definition) is 0. The van der Waals surface area contributed by atoms with Gasteiger partial charge in [-0.2, -0.15) is 0 Å². The summed E-state index contributed by atoms with van der Waals surface area (Å²) in [5.41, 5.74) is 2.06. The van der Waals surface area contributed by atoms with Crippen molar-refractivity contribution in [1.29, 1.82) is 0 Å². The molecule has 1 aromatic heterocycles. The number of aromatic nitrogens is 2. The van der Waals surface area contributed by atoms with Crippen molar-refractivity contribution in [3.05, 3.63) is 17.6 Å². The van der Waals surface area contributed by atoms with Crippen molar-refractivity contribution in [2.75, 3.05) is 18.0 Å². The van der Waals surface area contributed by atoms with Crippen molar-refractivity contribution in [3.8, 4) is 0 Å². The minimum atomic E-state index is 0.674. The number of halogens is 1. The summed E-state index contributed by atoms with van der Waals surface area (Å²) in [7, 11) is 0. The van der Waals surface area contributed by atoms with Gasteiger partial charge in [0.15, 0.2) is 0 Å². The Balaban J connectivity index is 2.12. The molecule has 0 atom stereocenters. The van der Waals surface area contributed by atoms with Crippen molar-refractivity contribution in [2.45, 2.75) is 31.5 Å². The second kappa shape index (κ2) is 4.47. The molecule has 0 N–H and O–H groups in total. The lowest BCUT2D eigenvalue weighted by Crippen LogP contribution is -2.34. The van der Waals surface area contributed by atoms with Gasteiger partial charge in [-0.15, -0.1) is 0 Å². The maximum atomic E-state index is 4.57. The highest BCUT2D eigenvalue weighted by Gasteiger charge is 2.18. The van der Waals surface area contributed by atoms with Gasteiger partial charge in [0.25, 0.3) is 0 Å². The maximum absolute atomic E-state index is 4.57. The second-order valence-corrected chi connectivity index (χ2v) is 5.36. The number of piperidine rings is 1. The topological polar surface area (TPSA) is 29.0 Å². The Morgan fingerprint density at radius 2 is 1.93 bits per heavy atom. The van der Waals surface area contributed by atoms with E-state index < -0.39 is 0 Å².